The zero-order valence-corrected chi connectivity index (χ0v) is 12.7. The van der Waals surface area contributed by atoms with Crippen LogP contribution in [0.5, 0.6) is 5.75 Å². The largest absolute Gasteiger partial charge is 0.573 e. The van der Waals surface area contributed by atoms with E-state index in [1.807, 2.05) is 28.8 Å². The highest BCUT2D eigenvalue weighted by atomic mass is 19.4. The van der Waals surface area contributed by atoms with Crippen LogP contribution in [-0.2, 0) is 0 Å². The second-order valence-electron chi connectivity index (χ2n) is 5.42. The second kappa shape index (κ2) is 5.40. The van der Waals surface area contributed by atoms with Gasteiger partial charge in [0.25, 0.3) is 0 Å². The predicted octanol–water partition coefficient (Wildman–Crippen LogP) is 3.22. The molecule has 9 heteroatoms. The molecule has 0 aliphatic carbocycles. The minimum absolute atomic E-state index is 0.184. The smallest absolute Gasteiger partial charge is 0.406 e. The van der Waals surface area contributed by atoms with E-state index in [1.165, 1.54) is 24.3 Å². The average molecular weight is 347 g/mol. The fourth-order valence-corrected chi connectivity index (χ4v) is 2.78. The number of rotatable bonds is 2. The molecule has 3 aromatic rings. The first kappa shape index (κ1) is 15.3. The van der Waals surface area contributed by atoms with Crippen LogP contribution in [0.15, 0.2) is 53.5 Å². The Bertz CT molecular complexity index is 962. The van der Waals surface area contributed by atoms with E-state index < -0.39 is 12.5 Å². The number of anilines is 1. The summed E-state index contributed by atoms with van der Waals surface area (Å²) in [6, 6.07) is 13.0. The first-order chi connectivity index (χ1) is 11.9. The minimum atomic E-state index is -4.73. The summed E-state index contributed by atoms with van der Waals surface area (Å²) in [5, 5.41) is 2.90. The van der Waals surface area contributed by atoms with Crippen molar-refractivity contribution in [3.8, 4) is 5.75 Å². The lowest BCUT2D eigenvalue weighted by molar-refractivity contribution is -0.274. The van der Waals surface area contributed by atoms with Crippen LogP contribution in [0.3, 0.4) is 0 Å². The predicted molar refractivity (Wildman–Crippen MR) is 86.2 cm³/mol. The quantitative estimate of drug-likeness (QED) is 0.746. The van der Waals surface area contributed by atoms with Crippen molar-refractivity contribution in [3.05, 3.63) is 54.1 Å². The SMILES string of the molecule is NC1=N[C@H](c2ccc(OC(F)(F)F)cc2)n2c(nc3ccccc32)N1. The van der Waals surface area contributed by atoms with Crippen LogP contribution in [0.25, 0.3) is 11.0 Å². The molecular formula is C16H12F3N5O. The van der Waals surface area contributed by atoms with Gasteiger partial charge in [0.15, 0.2) is 12.1 Å². The summed E-state index contributed by atoms with van der Waals surface area (Å²) in [4.78, 5) is 8.83. The minimum Gasteiger partial charge on any atom is -0.406 e. The Labute approximate surface area is 139 Å². The average Bonchev–Trinajstić information content (AvgIpc) is 2.91. The maximum atomic E-state index is 12.3. The van der Waals surface area contributed by atoms with Crippen molar-refractivity contribution in [2.75, 3.05) is 5.32 Å². The number of benzene rings is 2. The number of fused-ring (bicyclic) bond motifs is 3. The zero-order chi connectivity index (χ0) is 17.6. The molecule has 128 valence electrons. The van der Waals surface area contributed by atoms with E-state index >= 15 is 0 Å². The lowest BCUT2D eigenvalue weighted by Gasteiger charge is -2.24. The van der Waals surface area contributed by atoms with Gasteiger partial charge in [0.2, 0.25) is 5.95 Å². The molecule has 1 aromatic heterocycles. The van der Waals surface area contributed by atoms with Gasteiger partial charge in [-0.05, 0) is 29.8 Å². The second-order valence-corrected chi connectivity index (χ2v) is 5.42. The van der Waals surface area contributed by atoms with Gasteiger partial charge in [0.05, 0.1) is 11.0 Å². The molecule has 1 aliphatic heterocycles. The molecule has 2 heterocycles. The van der Waals surface area contributed by atoms with Crippen LogP contribution in [0.1, 0.15) is 11.7 Å². The van der Waals surface area contributed by atoms with Crippen LogP contribution in [0.4, 0.5) is 19.1 Å². The van der Waals surface area contributed by atoms with E-state index in [9.17, 15) is 13.2 Å². The summed E-state index contributed by atoms with van der Waals surface area (Å²) in [7, 11) is 0. The standard InChI is InChI=1S/C16H12F3N5O/c17-16(18,19)25-10-7-5-9(6-8-10)13-22-14(20)23-15-21-11-3-1-2-4-12(11)24(13)15/h1-8,13H,(H3,20,21,22,23)/t13-/m0/s1. The van der Waals surface area contributed by atoms with E-state index in [0.717, 1.165) is 11.0 Å². The summed E-state index contributed by atoms with van der Waals surface area (Å²) in [6.45, 7) is 0. The number of para-hydroxylation sites is 2. The summed E-state index contributed by atoms with van der Waals surface area (Å²) in [6.07, 6.45) is -5.27. The van der Waals surface area contributed by atoms with Crippen LogP contribution in [-0.4, -0.2) is 21.9 Å². The number of aromatic nitrogens is 2. The Morgan fingerprint density at radius 3 is 2.52 bits per heavy atom. The van der Waals surface area contributed by atoms with Gasteiger partial charge in [0.1, 0.15) is 5.75 Å². The van der Waals surface area contributed by atoms with E-state index in [2.05, 4.69) is 20.0 Å². The molecule has 0 saturated heterocycles. The van der Waals surface area contributed by atoms with Gasteiger partial charge < -0.3 is 10.5 Å². The highest BCUT2D eigenvalue weighted by molar-refractivity contribution is 5.94. The Kier molecular flexibility index (Phi) is 3.31. The number of guanidine groups is 1. The molecule has 0 unspecified atom stereocenters. The number of nitrogens with zero attached hydrogens (tertiary/aromatic N) is 3. The fourth-order valence-electron chi connectivity index (χ4n) is 2.78. The molecule has 1 atom stereocenters. The van der Waals surface area contributed by atoms with Crippen molar-refractivity contribution >= 4 is 22.9 Å². The molecule has 6 nitrogen and oxygen atoms in total. The highest BCUT2D eigenvalue weighted by Gasteiger charge is 2.31. The zero-order valence-electron chi connectivity index (χ0n) is 12.7. The van der Waals surface area contributed by atoms with Crippen molar-refractivity contribution < 1.29 is 17.9 Å². The summed E-state index contributed by atoms with van der Waals surface area (Å²) < 4.78 is 42.6. The molecular weight excluding hydrogens is 335 g/mol. The maximum Gasteiger partial charge on any atom is 0.573 e. The number of hydrogen-bond acceptors (Lipinski definition) is 5. The van der Waals surface area contributed by atoms with Crippen LogP contribution in [0.2, 0.25) is 0 Å². The highest BCUT2D eigenvalue weighted by Crippen LogP contribution is 2.33. The molecule has 3 N–H and O–H groups in total. The van der Waals surface area contributed by atoms with Crippen LogP contribution in [0, 0.1) is 0 Å². The first-order valence-corrected chi connectivity index (χ1v) is 7.34. The van der Waals surface area contributed by atoms with E-state index in [4.69, 9.17) is 5.73 Å². The molecule has 0 radical (unpaired) electrons. The molecule has 0 amide bonds. The number of nitrogens with two attached hydrogens (primary N) is 1. The van der Waals surface area contributed by atoms with Crippen LogP contribution < -0.4 is 15.8 Å². The summed E-state index contributed by atoms with van der Waals surface area (Å²) in [5.41, 5.74) is 8.08. The molecule has 2 aromatic carbocycles. The van der Waals surface area contributed by atoms with E-state index in [1.54, 1.807) is 0 Å². The van der Waals surface area contributed by atoms with Gasteiger partial charge >= 0.3 is 6.36 Å². The van der Waals surface area contributed by atoms with Gasteiger partial charge in [-0.2, -0.15) is 0 Å². The van der Waals surface area contributed by atoms with Gasteiger partial charge in [0, 0.05) is 0 Å². The molecule has 1 aliphatic rings. The molecule has 0 fully saturated rings. The number of nitrogens with one attached hydrogen (secondary N) is 1. The van der Waals surface area contributed by atoms with Gasteiger partial charge in [-0.15, -0.1) is 13.2 Å². The normalized spacial score (nSPS) is 16.9. The summed E-state index contributed by atoms with van der Waals surface area (Å²) >= 11 is 0. The maximum absolute atomic E-state index is 12.3. The van der Waals surface area contributed by atoms with E-state index in [-0.39, 0.29) is 11.7 Å². The monoisotopic (exact) mass is 347 g/mol. The Morgan fingerprint density at radius 1 is 1.08 bits per heavy atom. The Morgan fingerprint density at radius 2 is 1.80 bits per heavy atom. The molecule has 0 spiro atoms. The third-order valence-corrected chi connectivity index (χ3v) is 3.75. The molecule has 0 saturated carbocycles. The molecule has 4 rings (SSSR count). The number of halogens is 3. The number of imidazole rings is 1. The Balaban J connectivity index is 1.76. The number of alkyl halides is 3. The Hall–Kier alpha value is -3.23. The van der Waals surface area contributed by atoms with Gasteiger partial charge in [-0.3, -0.25) is 9.88 Å². The fraction of sp³-hybridized carbons (Fsp3) is 0.125. The van der Waals surface area contributed by atoms with E-state index in [0.29, 0.717) is 11.5 Å². The topological polar surface area (TPSA) is 77.5 Å². The summed E-state index contributed by atoms with van der Waals surface area (Å²) in [5.74, 6) is 0.413. The lowest BCUT2D eigenvalue weighted by atomic mass is 10.1. The van der Waals surface area contributed by atoms with Crippen molar-refractivity contribution in [1.29, 1.82) is 0 Å². The third kappa shape index (κ3) is 2.84. The van der Waals surface area contributed by atoms with Crippen LogP contribution >= 0.6 is 0 Å². The van der Waals surface area contributed by atoms with Crippen molar-refractivity contribution in [1.82, 2.24) is 9.55 Å². The van der Waals surface area contributed by atoms with Crippen molar-refractivity contribution in [2.24, 2.45) is 10.7 Å². The van der Waals surface area contributed by atoms with Crippen molar-refractivity contribution in [3.63, 3.8) is 0 Å². The number of ether oxygens (including phenoxy) is 1. The van der Waals surface area contributed by atoms with Crippen molar-refractivity contribution in [2.45, 2.75) is 12.5 Å². The lowest BCUT2D eigenvalue weighted by Crippen LogP contribution is -2.31. The first-order valence-electron chi connectivity index (χ1n) is 7.34. The van der Waals surface area contributed by atoms with Gasteiger partial charge in [-0.1, -0.05) is 24.3 Å². The third-order valence-electron chi connectivity index (χ3n) is 3.75. The van der Waals surface area contributed by atoms with Gasteiger partial charge in [-0.25, -0.2) is 9.98 Å². The number of aliphatic imine (C=N–C) groups is 1. The number of hydrogen-bond donors (Lipinski definition) is 2. The molecule has 0 bridgehead atoms. The molecule has 25 heavy (non-hydrogen) atoms.